The molecule has 0 fully saturated rings. The van der Waals surface area contributed by atoms with Crippen molar-refractivity contribution in [3.63, 3.8) is 0 Å². The number of aromatic nitrogens is 2. The van der Waals surface area contributed by atoms with Crippen LogP contribution in [0.15, 0.2) is 29.1 Å². The van der Waals surface area contributed by atoms with Gasteiger partial charge in [0.25, 0.3) is 11.5 Å². The Morgan fingerprint density at radius 2 is 2.03 bits per heavy atom. The van der Waals surface area contributed by atoms with Gasteiger partial charge in [-0.15, -0.1) is 11.3 Å². The van der Waals surface area contributed by atoms with Gasteiger partial charge in [0.05, 0.1) is 11.0 Å². The zero-order valence-electron chi connectivity index (χ0n) is 17.3. The van der Waals surface area contributed by atoms with Gasteiger partial charge in [-0.2, -0.15) is 0 Å². The molecule has 0 aliphatic carbocycles. The van der Waals surface area contributed by atoms with Crippen LogP contribution in [0, 0.1) is 13.8 Å². The Morgan fingerprint density at radius 3 is 2.76 bits per heavy atom. The monoisotopic (exact) mass is 413 g/mol. The second-order valence-corrected chi connectivity index (χ2v) is 9.20. The molecule has 0 atom stereocenters. The van der Waals surface area contributed by atoms with E-state index in [0.29, 0.717) is 42.6 Å². The van der Waals surface area contributed by atoms with E-state index in [-0.39, 0.29) is 11.5 Å². The Labute approximate surface area is 174 Å². The molecule has 0 saturated carbocycles. The highest BCUT2D eigenvalue weighted by atomic mass is 32.1. The Kier molecular flexibility index (Phi) is 6.19. The number of nitrogens with zero attached hydrogens (tertiary/aromatic N) is 1. The third-order valence-electron chi connectivity index (χ3n) is 4.95. The minimum Gasteiger partial charge on any atom is -0.390 e. The fourth-order valence-corrected chi connectivity index (χ4v) is 4.18. The molecule has 0 bridgehead atoms. The van der Waals surface area contributed by atoms with Crippen molar-refractivity contribution < 1.29 is 9.90 Å². The maximum atomic E-state index is 12.5. The fourth-order valence-electron chi connectivity index (χ4n) is 3.13. The van der Waals surface area contributed by atoms with Crippen LogP contribution in [0.5, 0.6) is 0 Å². The average Bonchev–Trinajstić information content (AvgIpc) is 2.94. The normalized spacial score (nSPS) is 11.8. The molecule has 0 spiro atoms. The fraction of sp³-hybridized carbons (Fsp3) is 0.409. The first-order valence-corrected chi connectivity index (χ1v) is 10.5. The molecule has 1 amide bonds. The lowest BCUT2D eigenvalue weighted by Gasteiger charge is -2.16. The molecule has 2 aromatic heterocycles. The number of aryl methyl sites for hydroxylation is 3. The summed E-state index contributed by atoms with van der Waals surface area (Å²) in [5, 5.41) is 13.4. The summed E-state index contributed by atoms with van der Waals surface area (Å²) in [4.78, 5) is 34.0. The Bertz CT molecular complexity index is 1090. The summed E-state index contributed by atoms with van der Waals surface area (Å²) in [6, 6.07) is 7.43. The molecule has 0 saturated heterocycles. The van der Waals surface area contributed by atoms with Gasteiger partial charge in [0, 0.05) is 23.4 Å². The molecule has 6 nitrogen and oxygen atoms in total. The van der Waals surface area contributed by atoms with Gasteiger partial charge in [-0.05, 0) is 63.8 Å². The number of nitrogens with one attached hydrogen (secondary N) is 2. The molecule has 1 aromatic carbocycles. The number of aliphatic hydroxyl groups is 1. The quantitative estimate of drug-likeness (QED) is 0.554. The molecule has 7 heteroatoms. The van der Waals surface area contributed by atoms with Crippen molar-refractivity contribution >= 4 is 27.5 Å². The molecule has 0 aliphatic rings. The largest absolute Gasteiger partial charge is 0.390 e. The average molecular weight is 414 g/mol. The lowest BCUT2D eigenvalue weighted by atomic mass is 9.98. The second-order valence-electron chi connectivity index (χ2n) is 7.99. The summed E-state index contributed by atoms with van der Waals surface area (Å²) in [5.74, 6) is 0.407. The van der Waals surface area contributed by atoms with Gasteiger partial charge >= 0.3 is 0 Å². The van der Waals surface area contributed by atoms with Crippen molar-refractivity contribution in [2.75, 3.05) is 6.54 Å². The highest BCUT2D eigenvalue weighted by Gasteiger charge is 2.14. The van der Waals surface area contributed by atoms with E-state index in [1.807, 2.05) is 32.0 Å². The molecular weight excluding hydrogens is 386 g/mol. The highest BCUT2D eigenvalue weighted by molar-refractivity contribution is 7.18. The number of carbonyl (C=O) groups excluding carboxylic acids is 1. The van der Waals surface area contributed by atoms with E-state index < -0.39 is 5.60 Å². The first-order chi connectivity index (χ1) is 13.6. The third kappa shape index (κ3) is 5.31. The van der Waals surface area contributed by atoms with Crippen LogP contribution >= 0.6 is 11.3 Å². The SMILES string of the molecule is Cc1sc2nc(CCNC(=O)c3cccc(CCC(C)(C)O)c3)[nH]c(=O)c2c1C. The zero-order valence-corrected chi connectivity index (χ0v) is 18.1. The van der Waals surface area contributed by atoms with E-state index in [4.69, 9.17) is 0 Å². The molecule has 3 N–H and O–H groups in total. The molecule has 0 unspecified atom stereocenters. The number of aromatic amines is 1. The summed E-state index contributed by atoms with van der Waals surface area (Å²) in [6.07, 6.45) is 1.78. The van der Waals surface area contributed by atoms with Gasteiger partial charge in [-0.1, -0.05) is 12.1 Å². The summed E-state index contributed by atoms with van der Waals surface area (Å²) in [7, 11) is 0. The van der Waals surface area contributed by atoms with Crippen LogP contribution < -0.4 is 10.9 Å². The smallest absolute Gasteiger partial charge is 0.259 e. The van der Waals surface area contributed by atoms with E-state index in [9.17, 15) is 14.7 Å². The van der Waals surface area contributed by atoms with Gasteiger partial charge < -0.3 is 15.4 Å². The maximum absolute atomic E-state index is 12.5. The molecule has 3 aromatic rings. The first kappa shape index (κ1) is 21.2. The number of benzene rings is 1. The number of hydrogen-bond acceptors (Lipinski definition) is 5. The predicted octanol–water partition coefficient (Wildman–Crippen LogP) is 3.28. The minimum atomic E-state index is -0.733. The van der Waals surface area contributed by atoms with E-state index >= 15 is 0 Å². The van der Waals surface area contributed by atoms with Crippen LogP contribution in [0.1, 0.15) is 52.5 Å². The summed E-state index contributed by atoms with van der Waals surface area (Å²) in [6.45, 7) is 7.85. The van der Waals surface area contributed by atoms with Gasteiger partial charge in [0.2, 0.25) is 0 Å². The summed E-state index contributed by atoms with van der Waals surface area (Å²) in [5.41, 5.74) is 1.71. The van der Waals surface area contributed by atoms with Crippen LogP contribution in [0.4, 0.5) is 0 Å². The Hall–Kier alpha value is -2.51. The van der Waals surface area contributed by atoms with Crippen LogP contribution in [-0.2, 0) is 12.8 Å². The van der Waals surface area contributed by atoms with Gasteiger partial charge in [-0.3, -0.25) is 9.59 Å². The molecule has 2 heterocycles. The Morgan fingerprint density at radius 1 is 1.28 bits per heavy atom. The maximum Gasteiger partial charge on any atom is 0.259 e. The van der Waals surface area contributed by atoms with Crippen LogP contribution in [0.3, 0.4) is 0 Å². The number of amides is 1. The van der Waals surface area contributed by atoms with E-state index in [2.05, 4.69) is 15.3 Å². The van der Waals surface area contributed by atoms with Crippen LogP contribution in [-0.4, -0.2) is 33.1 Å². The van der Waals surface area contributed by atoms with Crippen molar-refractivity contribution in [2.24, 2.45) is 0 Å². The van der Waals surface area contributed by atoms with Gasteiger partial charge in [0.1, 0.15) is 10.7 Å². The van der Waals surface area contributed by atoms with E-state index in [0.717, 1.165) is 20.8 Å². The van der Waals surface area contributed by atoms with Gasteiger partial charge in [-0.25, -0.2) is 4.98 Å². The summed E-state index contributed by atoms with van der Waals surface area (Å²) >= 11 is 1.52. The van der Waals surface area contributed by atoms with Gasteiger partial charge in [0.15, 0.2) is 0 Å². The molecule has 0 radical (unpaired) electrons. The van der Waals surface area contributed by atoms with Crippen LogP contribution in [0.2, 0.25) is 0 Å². The number of H-pyrrole nitrogens is 1. The molecule has 154 valence electrons. The van der Waals surface area contributed by atoms with Crippen molar-refractivity contribution in [1.82, 2.24) is 15.3 Å². The number of thiophene rings is 1. The number of hydrogen-bond donors (Lipinski definition) is 3. The number of fused-ring (bicyclic) bond motifs is 1. The van der Waals surface area contributed by atoms with E-state index in [1.165, 1.54) is 11.3 Å². The predicted molar refractivity (Wildman–Crippen MR) is 117 cm³/mol. The lowest BCUT2D eigenvalue weighted by molar-refractivity contribution is 0.0714. The zero-order chi connectivity index (χ0) is 21.2. The number of carbonyl (C=O) groups is 1. The van der Waals surface area contributed by atoms with Crippen molar-refractivity contribution in [3.8, 4) is 0 Å². The Balaban J connectivity index is 1.61. The summed E-state index contributed by atoms with van der Waals surface area (Å²) < 4.78 is 0. The third-order valence-corrected chi connectivity index (χ3v) is 6.05. The lowest BCUT2D eigenvalue weighted by Crippen LogP contribution is -2.27. The molecular formula is C22H27N3O3S. The second kappa shape index (κ2) is 8.47. The topological polar surface area (TPSA) is 95.1 Å². The van der Waals surface area contributed by atoms with Crippen LogP contribution in [0.25, 0.3) is 10.2 Å². The molecule has 29 heavy (non-hydrogen) atoms. The first-order valence-electron chi connectivity index (χ1n) is 9.72. The van der Waals surface area contributed by atoms with Crippen molar-refractivity contribution in [1.29, 1.82) is 0 Å². The highest BCUT2D eigenvalue weighted by Crippen LogP contribution is 2.25. The standard InChI is InChI=1S/C22H27N3O3S/c1-13-14(2)29-21-18(13)20(27)24-17(25-21)9-11-23-19(26)16-7-5-6-15(12-16)8-10-22(3,4)28/h5-7,12,28H,8-11H2,1-4H3,(H,23,26)(H,24,25,27). The van der Waals surface area contributed by atoms with Crippen molar-refractivity contribution in [2.45, 2.75) is 52.6 Å². The number of rotatable bonds is 7. The molecule has 0 aliphatic heterocycles. The van der Waals surface area contributed by atoms with E-state index in [1.54, 1.807) is 19.9 Å². The molecule has 3 rings (SSSR count). The minimum absolute atomic E-state index is 0.127. The van der Waals surface area contributed by atoms with Crippen molar-refractivity contribution in [3.05, 3.63) is 62.0 Å².